The van der Waals surface area contributed by atoms with Crippen LogP contribution in [0.1, 0.15) is 24.8 Å². The van der Waals surface area contributed by atoms with Crippen molar-refractivity contribution in [2.24, 2.45) is 0 Å². The van der Waals surface area contributed by atoms with Crippen LogP contribution >= 0.6 is 11.6 Å². The maximum absolute atomic E-state index is 12.4. The average Bonchev–Trinajstić information content (AvgIpc) is 3.19. The highest BCUT2D eigenvalue weighted by Crippen LogP contribution is 2.30. The molecule has 21 heavy (non-hydrogen) atoms. The zero-order valence-electron chi connectivity index (χ0n) is 11.4. The number of likely N-dealkylation sites (tertiary alicyclic amines) is 1. The lowest BCUT2D eigenvalue weighted by Gasteiger charge is -2.16. The quantitative estimate of drug-likeness (QED) is 0.915. The number of sulfonamides is 1. The van der Waals surface area contributed by atoms with Crippen molar-refractivity contribution in [3.05, 3.63) is 28.8 Å². The first-order valence-electron chi connectivity index (χ1n) is 6.95. The van der Waals surface area contributed by atoms with Crippen molar-refractivity contribution in [2.75, 3.05) is 13.1 Å². The van der Waals surface area contributed by atoms with Crippen molar-refractivity contribution in [1.29, 1.82) is 5.26 Å². The van der Waals surface area contributed by atoms with Crippen molar-refractivity contribution in [2.45, 2.75) is 36.2 Å². The topological polar surface area (TPSA) is 73.2 Å². The second-order valence-electron chi connectivity index (χ2n) is 5.59. The number of rotatable bonds is 4. The van der Waals surface area contributed by atoms with Gasteiger partial charge in [0.1, 0.15) is 6.07 Å². The maximum Gasteiger partial charge on any atom is 0.240 e. The summed E-state index contributed by atoms with van der Waals surface area (Å²) in [7, 11) is -3.59. The Morgan fingerprint density at radius 2 is 2.10 bits per heavy atom. The molecule has 5 nitrogen and oxygen atoms in total. The minimum atomic E-state index is -3.59. The lowest BCUT2D eigenvalue weighted by atomic mass is 10.2. The molecule has 0 amide bonds. The Bertz CT molecular complexity index is 695. The first kappa shape index (κ1) is 14.8. The molecule has 1 saturated heterocycles. The Morgan fingerprint density at radius 1 is 1.33 bits per heavy atom. The predicted octanol–water partition coefficient (Wildman–Crippen LogP) is 1.73. The molecule has 112 valence electrons. The van der Waals surface area contributed by atoms with Gasteiger partial charge in [-0.05, 0) is 37.5 Å². The average molecular weight is 326 g/mol. The molecule has 0 aromatic heterocycles. The van der Waals surface area contributed by atoms with Crippen molar-refractivity contribution in [1.82, 2.24) is 9.62 Å². The molecule has 1 saturated carbocycles. The van der Waals surface area contributed by atoms with Gasteiger partial charge in [-0.15, -0.1) is 0 Å². The Balaban J connectivity index is 1.72. The third kappa shape index (κ3) is 3.22. The van der Waals surface area contributed by atoms with E-state index in [9.17, 15) is 8.42 Å². The molecule has 1 aliphatic carbocycles. The zero-order chi connectivity index (χ0) is 15.0. The van der Waals surface area contributed by atoms with Crippen molar-refractivity contribution >= 4 is 21.6 Å². The van der Waals surface area contributed by atoms with Crippen LogP contribution < -0.4 is 4.72 Å². The van der Waals surface area contributed by atoms with Crippen LogP contribution in [0.4, 0.5) is 0 Å². The van der Waals surface area contributed by atoms with Crippen LogP contribution in [0.2, 0.25) is 5.02 Å². The van der Waals surface area contributed by atoms with Crippen LogP contribution in [0.25, 0.3) is 0 Å². The Morgan fingerprint density at radius 3 is 2.71 bits per heavy atom. The Labute approximate surface area is 129 Å². The largest absolute Gasteiger partial charge is 0.299 e. The molecule has 0 radical (unpaired) electrons. The van der Waals surface area contributed by atoms with Crippen LogP contribution in [-0.4, -0.2) is 38.5 Å². The van der Waals surface area contributed by atoms with Gasteiger partial charge in [0.25, 0.3) is 0 Å². The smallest absolute Gasteiger partial charge is 0.240 e. The second kappa shape index (κ2) is 5.58. The van der Waals surface area contributed by atoms with Crippen molar-refractivity contribution < 1.29 is 8.42 Å². The van der Waals surface area contributed by atoms with E-state index in [0.29, 0.717) is 6.04 Å². The molecular weight excluding hydrogens is 310 g/mol. The molecule has 2 aliphatic rings. The van der Waals surface area contributed by atoms with Gasteiger partial charge >= 0.3 is 0 Å². The molecule has 1 N–H and O–H groups in total. The van der Waals surface area contributed by atoms with Crippen LogP contribution in [0.15, 0.2) is 23.1 Å². The fourth-order valence-corrected chi connectivity index (χ4v) is 4.27. The highest BCUT2D eigenvalue weighted by molar-refractivity contribution is 7.89. The first-order valence-corrected chi connectivity index (χ1v) is 8.82. The number of hydrogen-bond donors (Lipinski definition) is 1. The van der Waals surface area contributed by atoms with E-state index in [1.165, 1.54) is 31.0 Å². The molecule has 2 fully saturated rings. The first-order chi connectivity index (χ1) is 9.99. The van der Waals surface area contributed by atoms with Gasteiger partial charge in [0.15, 0.2) is 0 Å². The normalized spacial score (nSPS) is 23.1. The molecular formula is C14H16ClN3O2S. The van der Waals surface area contributed by atoms with Gasteiger partial charge in [-0.25, -0.2) is 13.1 Å². The third-order valence-corrected chi connectivity index (χ3v) is 5.81. The van der Waals surface area contributed by atoms with E-state index >= 15 is 0 Å². The van der Waals surface area contributed by atoms with E-state index in [4.69, 9.17) is 16.9 Å². The summed E-state index contributed by atoms with van der Waals surface area (Å²) >= 11 is 5.90. The molecule has 0 spiro atoms. The maximum atomic E-state index is 12.4. The number of nitrogens with one attached hydrogen (secondary N) is 1. The summed E-state index contributed by atoms with van der Waals surface area (Å²) in [5.74, 6) is 0. The lowest BCUT2D eigenvalue weighted by molar-refractivity contribution is 0.322. The van der Waals surface area contributed by atoms with E-state index in [1.807, 2.05) is 6.07 Å². The molecule has 1 heterocycles. The fourth-order valence-electron chi connectivity index (χ4n) is 2.70. The summed E-state index contributed by atoms with van der Waals surface area (Å²) in [5, 5.41) is 8.98. The highest BCUT2D eigenvalue weighted by Gasteiger charge is 2.35. The summed E-state index contributed by atoms with van der Waals surface area (Å²) in [6, 6.07) is 6.70. The summed E-state index contributed by atoms with van der Waals surface area (Å²) in [6.07, 6.45) is 3.29. The summed E-state index contributed by atoms with van der Waals surface area (Å²) in [5.41, 5.74) is 0.274. The van der Waals surface area contributed by atoms with E-state index in [2.05, 4.69) is 9.62 Å². The Kier molecular flexibility index (Phi) is 3.93. The lowest BCUT2D eigenvalue weighted by Crippen LogP contribution is -2.37. The minimum absolute atomic E-state index is 0.0509. The van der Waals surface area contributed by atoms with Crippen molar-refractivity contribution in [3.63, 3.8) is 0 Å². The number of halogens is 1. The molecule has 1 unspecified atom stereocenters. The van der Waals surface area contributed by atoms with Gasteiger partial charge in [0, 0.05) is 25.2 Å². The van der Waals surface area contributed by atoms with Crippen LogP contribution in [-0.2, 0) is 10.0 Å². The molecule has 1 aliphatic heterocycles. The van der Waals surface area contributed by atoms with Gasteiger partial charge in [-0.3, -0.25) is 4.90 Å². The van der Waals surface area contributed by atoms with Crippen LogP contribution in [0, 0.1) is 11.3 Å². The molecule has 1 aromatic rings. The van der Waals surface area contributed by atoms with Crippen molar-refractivity contribution in [3.8, 4) is 6.07 Å². The van der Waals surface area contributed by atoms with Gasteiger partial charge in [0.2, 0.25) is 10.0 Å². The van der Waals surface area contributed by atoms with Crippen LogP contribution in [0.3, 0.4) is 0 Å². The Hall–Kier alpha value is -1.13. The monoisotopic (exact) mass is 325 g/mol. The minimum Gasteiger partial charge on any atom is -0.299 e. The standard InChI is InChI=1S/C14H16ClN3O2S/c15-14-7-13(4-1-10(14)8-16)21(19,20)17-11-5-6-18(9-11)12-2-3-12/h1,4,7,11-12,17H,2-3,5-6,9H2. The third-order valence-electron chi connectivity index (χ3n) is 3.98. The van der Waals surface area contributed by atoms with Gasteiger partial charge in [0.05, 0.1) is 15.5 Å². The van der Waals surface area contributed by atoms with E-state index in [0.717, 1.165) is 19.5 Å². The number of hydrogen-bond acceptors (Lipinski definition) is 4. The summed E-state index contributed by atoms with van der Waals surface area (Å²) < 4.78 is 27.5. The SMILES string of the molecule is N#Cc1ccc(S(=O)(=O)NC2CCN(C3CC3)C2)cc1Cl. The van der Waals surface area contributed by atoms with E-state index in [1.54, 1.807) is 0 Å². The van der Waals surface area contributed by atoms with Gasteiger partial charge in [-0.1, -0.05) is 11.6 Å². The molecule has 1 aromatic carbocycles. The summed E-state index contributed by atoms with van der Waals surface area (Å²) in [4.78, 5) is 2.45. The number of nitrogens with zero attached hydrogens (tertiary/aromatic N) is 2. The number of benzene rings is 1. The van der Waals surface area contributed by atoms with E-state index < -0.39 is 10.0 Å². The second-order valence-corrected chi connectivity index (χ2v) is 7.71. The molecule has 3 rings (SSSR count). The number of nitriles is 1. The molecule has 1 atom stereocenters. The van der Waals surface area contributed by atoms with E-state index in [-0.39, 0.29) is 21.5 Å². The molecule has 0 bridgehead atoms. The fraction of sp³-hybridized carbons (Fsp3) is 0.500. The highest BCUT2D eigenvalue weighted by atomic mass is 35.5. The van der Waals surface area contributed by atoms with Gasteiger partial charge < -0.3 is 0 Å². The van der Waals surface area contributed by atoms with Gasteiger partial charge in [-0.2, -0.15) is 5.26 Å². The predicted molar refractivity (Wildman–Crippen MR) is 79.5 cm³/mol. The molecule has 7 heteroatoms. The summed E-state index contributed by atoms with van der Waals surface area (Å²) in [6.45, 7) is 1.72. The zero-order valence-corrected chi connectivity index (χ0v) is 13.0. The van der Waals surface area contributed by atoms with Crippen LogP contribution in [0.5, 0.6) is 0 Å².